The van der Waals surface area contributed by atoms with Crippen molar-refractivity contribution in [3.63, 3.8) is 0 Å². The Balaban J connectivity index is 2.01. The molecule has 1 aromatic rings. The summed E-state index contributed by atoms with van der Waals surface area (Å²) in [4.78, 5) is 46.8. The molecular weight excluding hydrogens is 278 g/mol. The summed E-state index contributed by atoms with van der Waals surface area (Å²) < 4.78 is 0. The van der Waals surface area contributed by atoms with Crippen LogP contribution >= 0.6 is 0 Å². The van der Waals surface area contributed by atoms with Crippen molar-refractivity contribution in [1.82, 2.24) is 10.2 Å². The fraction of sp³-hybridized carbons (Fsp3) is 0.154. The van der Waals surface area contributed by atoms with Crippen LogP contribution in [0.3, 0.4) is 0 Å². The van der Waals surface area contributed by atoms with Gasteiger partial charge >= 0.3 is 0 Å². The zero-order valence-corrected chi connectivity index (χ0v) is 10.7. The molecule has 1 aromatic carbocycles. The highest BCUT2D eigenvalue weighted by molar-refractivity contribution is 6.11. The lowest BCUT2D eigenvalue weighted by molar-refractivity contribution is -0.385. The normalized spacial score (nSPS) is 17.4. The maximum Gasteiger partial charge on any atom is 0.275 e. The summed E-state index contributed by atoms with van der Waals surface area (Å²) in [5.41, 5.74) is 0.370. The van der Waals surface area contributed by atoms with E-state index >= 15 is 0 Å². The summed E-state index contributed by atoms with van der Waals surface area (Å²) in [6.07, 6.45) is 1.35. The standard InChI is InChI=1S/C13H9N3O5/c17-11-5-4-10(12(18)14-11)15-6-8-7(13(15)19)2-1-3-9(8)16(20)21/h1-4H,5-6H2,(H,14,17,18). The van der Waals surface area contributed by atoms with Gasteiger partial charge in [-0.3, -0.25) is 34.7 Å². The van der Waals surface area contributed by atoms with E-state index in [1.807, 2.05) is 0 Å². The summed E-state index contributed by atoms with van der Waals surface area (Å²) >= 11 is 0. The summed E-state index contributed by atoms with van der Waals surface area (Å²) in [5.74, 6) is -1.60. The van der Waals surface area contributed by atoms with Crippen molar-refractivity contribution in [2.45, 2.75) is 13.0 Å². The first-order chi connectivity index (χ1) is 9.99. The molecule has 21 heavy (non-hydrogen) atoms. The largest absolute Gasteiger partial charge is 0.299 e. The number of nitrogens with one attached hydrogen (secondary N) is 1. The Labute approximate surface area is 118 Å². The molecular formula is C13H9N3O5. The van der Waals surface area contributed by atoms with Gasteiger partial charge in [-0.15, -0.1) is 0 Å². The van der Waals surface area contributed by atoms with E-state index < -0.39 is 22.6 Å². The third-order valence-electron chi connectivity index (χ3n) is 3.40. The van der Waals surface area contributed by atoms with E-state index in [0.29, 0.717) is 0 Å². The van der Waals surface area contributed by atoms with Crippen LogP contribution in [0.2, 0.25) is 0 Å². The number of nitrogens with zero attached hydrogens (tertiary/aromatic N) is 2. The molecule has 1 N–H and O–H groups in total. The molecule has 0 unspecified atom stereocenters. The lowest BCUT2D eigenvalue weighted by Crippen LogP contribution is -2.41. The van der Waals surface area contributed by atoms with Crippen LogP contribution < -0.4 is 5.32 Å². The van der Waals surface area contributed by atoms with Crippen LogP contribution in [0.15, 0.2) is 30.0 Å². The zero-order valence-electron chi connectivity index (χ0n) is 10.7. The highest BCUT2D eigenvalue weighted by atomic mass is 16.6. The number of amides is 3. The van der Waals surface area contributed by atoms with Gasteiger partial charge in [-0.25, -0.2) is 0 Å². The second-order valence-corrected chi connectivity index (χ2v) is 4.62. The van der Waals surface area contributed by atoms with Crippen LogP contribution in [-0.4, -0.2) is 27.5 Å². The van der Waals surface area contributed by atoms with Gasteiger partial charge in [0.05, 0.1) is 22.6 Å². The van der Waals surface area contributed by atoms with Gasteiger partial charge in [0.25, 0.3) is 17.5 Å². The Bertz CT molecular complexity index is 737. The molecule has 0 atom stereocenters. The number of nitro groups is 1. The predicted octanol–water partition coefficient (Wildman–Crippen LogP) is 0.481. The average Bonchev–Trinajstić information content (AvgIpc) is 2.76. The molecule has 8 heteroatoms. The van der Waals surface area contributed by atoms with Crippen LogP contribution in [0.4, 0.5) is 5.69 Å². The van der Waals surface area contributed by atoms with Crippen molar-refractivity contribution in [3.05, 3.63) is 51.2 Å². The minimum Gasteiger partial charge on any atom is -0.299 e. The first-order valence-corrected chi connectivity index (χ1v) is 6.11. The SMILES string of the molecule is O=C1CC=C(N2Cc3c(cccc3[N+](=O)[O-])C2=O)C(=O)N1. The zero-order chi connectivity index (χ0) is 15.1. The Hall–Kier alpha value is -3.03. The molecule has 0 aromatic heterocycles. The lowest BCUT2D eigenvalue weighted by atomic mass is 10.1. The van der Waals surface area contributed by atoms with E-state index in [2.05, 4.69) is 5.32 Å². The van der Waals surface area contributed by atoms with Crippen molar-refractivity contribution in [1.29, 1.82) is 0 Å². The van der Waals surface area contributed by atoms with E-state index in [4.69, 9.17) is 0 Å². The van der Waals surface area contributed by atoms with Crippen LogP contribution in [0.5, 0.6) is 0 Å². The highest BCUT2D eigenvalue weighted by Crippen LogP contribution is 2.33. The van der Waals surface area contributed by atoms with Gasteiger partial charge in [-0.05, 0) is 12.1 Å². The van der Waals surface area contributed by atoms with E-state index in [1.54, 1.807) is 0 Å². The van der Waals surface area contributed by atoms with Gasteiger partial charge in [0.15, 0.2) is 0 Å². The number of carbonyl (C=O) groups excluding carboxylic acids is 3. The third-order valence-corrected chi connectivity index (χ3v) is 3.40. The molecule has 8 nitrogen and oxygen atoms in total. The summed E-state index contributed by atoms with van der Waals surface area (Å²) in [7, 11) is 0. The van der Waals surface area contributed by atoms with Crippen LogP contribution in [0.1, 0.15) is 22.3 Å². The van der Waals surface area contributed by atoms with Gasteiger partial charge in [-0.2, -0.15) is 0 Å². The Kier molecular flexibility index (Phi) is 2.79. The van der Waals surface area contributed by atoms with Gasteiger partial charge in [-0.1, -0.05) is 6.07 Å². The van der Waals surface area contributed by atoms with E-state index in [-0.39, 0.29) is 35.5 Å². The fourth-order valence-corrected chi connectivity index (χ4v) is 2.44. The molecule has 3 amide bonds. The quantitative estimate of drug-likeness (QED) is 0.483. The predicted molar refractivity (Wildman–Crippen MR) is 68.8 cm³/mol. The third kappa shape index (κ3) is 1.97. The number of nitro benzene ring substituents is 1. The first-order valence-electron chi connectivity index (χ1n) is 6.11. The van der Waals surface area contributed by atoms with Crippen molar-refractivity contribution in [3.8, 4) is 0 Å². The smallest absolute Gasteiger partial charge is 0.275 e. The second kappa shape index (κ2) is 4.51. The van der Waals surface area contributed by atoms with Gasteiger partial charge < -0.3 is 0 Å². The van der Waals surface area contributed by atoms with E-state index in [1.165, 1.54) is 24.3 Å². The highest BCUT2D eigenvalue weighted by Gasteiger charge is 2.37. The number of imide groups is 1. The molecule has 2 heterocycles. The number of benzene rings is 1. The minimum absolute atomic E-state index is 0.0106. The number of fused-ring (bicyclic) bond motifs is 1. The molecule has 3 rings (SSSR count). The van der Waals surface area contributed by atoms with E-state index in [9.17, 15) is 24.5 Å². The number of hydrogen-bond acceptors (Lipinski definition) is 5. The molecule has 106 valence electrons. The molecule has 2 aliphatic rings. The summed E-state index contributed by atoms with van der Waals surface area (Å²) in [6, 6.07) is 4.22. The number of hydrogen-bond donors (Lipinski definition) is 1. The van der Waals surface area contributed by atoms with Crippen LogP contribution in [0.25, 0.3) is 0 Å². The molecule has 0 bridgehead atoms. The molecule has 0 spiro atoms. The average molecular weight is 287 g/mol. The van der Waals surface area contributed by atoms with Gasteiger partial charge in [0.1, 0.15) is 5.70 Å². The summed E-state index contributed by atoms with van der Waals surface area (Å²) in [6.45, 7) is -0.0568. The van der Waals surface area contributed by atoms with Crippen LogP contribution in [0, 0.1) is 10.1 Å². The van der Waals surface area contributed by atoms with Gasteiger partial charge in [0.2, 0.25) is 5.91 Å². The van der Waals surface area contributed by atoms with Crippen molar-refractivity contribution in [2.24, 2.45) is 0 Å². The number of rotatable bonds is 2. The second-order valence-electron chi connectivity index (χ2n) is 4.62. The Morgan fingerprint density at radius 1 is 1.24 bits per heavy atom. The fourth-order valence-electron chi connectivity index (χ4n) is 2.44. The summed E-state index contributed by atoms with van der Waals surface area (Å²) in [5, 5.41) is 13.1. The first kappa shape index (κ1) is 13.0. The van der Waals surface area contributed by atoms with Crippen molar-refractivity contribution in [2.75, 3.05) is 0 Å². The minimum atomic E-state index is -0.671. The molecule has 0 saturated heterocycles. The Morgan fingerprint density at radius 3 is 2.67 bits per heavy atom. The Morgan fingerprint density at radius 2 is 2.00 bits per heavy atom. The number of carbonyl (C=O) groups is 3. The maximum absolute atomic E-state index is 12.3. The van der Waals surface area contributed by atoms with Gasteiger partial charge in [0, 0.05) is 12.5 Å². The molecule has 0 saturated carbocycles. The maximum atomic E-state index is 12.3. The molecule has 0 fully saturated rings. The molecule has 2 aliphatic heterocycles. The lowest BCUT2D eigenvalue weighted by Gasteiger charge is -2.21. The van der Waals surface area contributed by atoms with E-state index in [0.717, 1.165) is 4.90 Å². The molecule has 0 aliphatic carbocycles. The topological polar surface area (TPSA) is 110 Å². The van der Waals surface area contributed by atoms with Crippen molar-refractivity contribution < 1.29 is 19.3 Å². The van der Waals surface area contributed by atoms with Crippen molar-refractivity contribution >= 4 is 23.4 Å². The van der Waals surface area contributed by atoms with Crippen LogP contribution in [-0.2, 0) is 16.1 Å². The monoisotopic (exact) mass is 287 g/mol. The molecule has 0 radical (unpaired) electrons.